The van der Waals surface area contributed by atoms with Crippen molar-refractivity contribution in [3.05, 3.63) is 12.2 Å². The van der Waals surface area contributed by atoms with Crippen molar-refractivity contribution in [2.45, 2.75) is 70.2 Å². The highest BCUT2D eigenvalue weighted by Gasteiger charge is 2.48. The predicted molar refractivity (Wildman–Crippen MR) is 78.4 cm³/mol. The lowest BCUT2D eigenvalue weighted by atomic mass is 9.71. The maximum atomic E-state index is 11.4. The van der Waals surface area contributed by atoms with Crippen LogP contribution in [0, 0.1) is 17.3 Å². The first kappa shape index (κ1) is 15.0. The molecule has 0 aromatic rings. The van der Waals surface area contributed by atoms with E-state index in [0.717, 1.165) is 12.8 Å². The Morgan fingerprint density at radius 1 is 1.33 bits per heavy atom. The number of aliphatic hydroxyl groups is 2. The SMILES string of the molecule is CC1([C@H](O)C=C[C@H]2[C@@H]3CC(=O)O[C@@H]3C[C@@H]2O)CCCCC1. The molecule has 2 N–H and O–H groups in total. The summed E-state index contributed by atoms with van der Waals surface area (Å²) >= 11 is 0. The fourth-order valence-corrected chi connectivity index (χ4v) is 4.31. The Balaban J connectivity index is 1.66. The van der Waals surface area contributed by atoms with Crippen LogP contribution in [-0.2, 0) is 9.53 Å². The summed E-state index contributed by atoms with van der Waals surface area (Å²) in [6, 6.07) is 0. The minimum absolute atomic E-state index is 0.0420. The molecule has 118 valence electrons. The van der Waals surface area contributed by atoms with E-state index in [2.05, 4.69) is 6.92 Å². The topological polar surface area (TPSA) is 66.8 Å². The Hall–Kier alpha value is -0.870. The monoisotopic (exact) mass is 294 g/mol. The second-order valence-corrected chi connectivity index (χ2v) is 7.32. The molecular weight excluding hydrogens is 268 g/mol. The van der Waals surface area contributed by atoms with Crippen molar-refractivity contribution in [1.82, 2.24) is 0 Å². The minimum atomic E-state index is -0.470. The number of fused-ring (bicyclic) bond motifs is 1. The smallest absolute Gasteiger partial charge is 0.306 e. The van der Waals surface area contributed by atoms with Crippen LogP contribution in [0.3, 0.4) is 0 Å². The molecule has 1 heterocycles. The van der Waals surface area contributed by atoms with Crippen LogP contribution in [0.4, 0.5) is 0 Å². The molecule has 21 heavy (non-hydrogen) atoms. The Morgan fingerprint density at radius 2 is 2.05 bits per heavy atom. The molecule has 4 nitrogen and oxygen atoms in total. The fraction of sp³-hybridized carbons (Fsp3) is 0.824. The number of aliphatic hydroxyl groups excluding tert-OH is 2. The summed E-state index contributed by atoms with van der Waals surface area (Å²) in [5, 5.41) is 20.6. The largest absolute Gasteiger partial charge is 0.462 e. The van der Waals surface area contributed by atoms with Crippen LogP contribution in [-0.4, -0.2) is 34.5 Å². The lowest BCUT2D eigenvalue weighted by Crippen LogP contribution is -2.33. The molecule has 5 atom stereocenters. The van der Waals surface area contributed by atoms with Gasteiger partial charge in [-0.2, -0.15) is 0 Å². The number of esters is 1. The summed E-state index contributed by atoms with van der Waals surface area (Å²) in [6.45, 7) is 2.15. The fourth-order valence-electron chi connectivity index (χ4n) is 4.31. The zero-order chi connectivity index (χ0) is 15.0. The Kier molecular flexibility index (Phi) is 4.10. The van der Waals surface area contributed by atoms with E-state index < -0.39 is 12.2 Å². The molecule has 0 aromatic carbocycles. The van der Waals surface area contributed by atoms with Gasteiger partial charge in [0.2, 0.25) is 0 Å². The van der Waals surface area contributed by atoms with Crippen molar-refractivity contribution in [3.63, 3.8) is 0 Å². The van der Waals surface area contributed by atoms with E-state index in [0.29, 0.717) is 12.8 Å². The Morgan fingerprint density at radius 3 is 2.76 bits per heavy atom. The third-order valence-electron chi connectivity index (χ3n) is 5.80. The first-order chi connectivity index (χ1) is 9.99. The van der Waals surface area contributed by atoms with E-state index in [1.54, 1.807) is 0 Å². The van der Waals surface area contributed by atoms with Gasteiger partial charge in [-0.25, -0.2) is 0 Å². The average molecular weight is 294 g/mol. The molecule has 3 aliphatic rings. The van der Waals surface area contributed by atoms with Gasteiger partial charge in [-0.05, 0) is 18.3 Å². The Labute approximate surface area is 126 Å². The number of hydrogen-bond donors (Lipinski definition) is 2. The molecule has 0 amide bonds. The molecule has 1 saturated heterocycles. The maximum absolute atomic E-state index is 11.4. The van der Waals surface area contributed by atoms with Gasteiger partial charge in [0.1, 0.15) is 6.10 Å². The van der Waals surface area contributed by atoms with E-state index in [9.17, 15) is 15.0 Å². The van der Waals surface area contributed by atoms with Crippen LogP contribution in [0.15, 0.2) is 12.2 Å². The van der Waals surface area contributed by atoms with Gasteiger partial charge in [-0.15, -0.1) is 0 Å². The summed E-state index contributed by atoms with van der Waals surface area (Å²) in [7, 11) is 0. The molecule has 3 fully saturated rings. The third kappa shape index (κ3) is 2.88. The van der Waals surface area contributed by atoms with E-state index in [1.807, 2.05) is 12.2 Å². The molecular formula is C17H26O4. The third-order valence-corrected chi connectivity index (χ3v) is 5.80. The quantitative estimate of drug-likeness (QED) is 0.618. The van der Waals surface area contributed by atoms with Gasteiger partial charge in [0, 0.05) is 18.3 Å². The van der Waals surface area contributed by atoms with Gasteiger partial charge in [-0.1, -0.05) is 38.3 Å². The predicted octanol–water partition coefficient (Wildman–Crippen LogP) is 2.19. The summed E-state index contributed by atoms with van der Waals surface area (Å²) in [5.74, 6) is -0.145. The van der Waals surface area contributed by atoms with Gasteiger partial charge in [0.25, 0.3) is 0 Å². The van der Waals surface area contributed by atoms with Gasteiger partial charge in [0.15, 0.2) is 0 Å². The molecule has 0 unspecified atom stereocenters. The molecule has 3 rings (SSSR count). The highest BCUT2D eigenvalue weighted by molar-refractivity contribution is 5.72. The molecule has 2 saturated carbocycles. The number of rotatable bonds is 3. The van der Waals surface area contributed by atoms with Crippen molar-refractivity contribution >= 4 is 5.97 Å². The molecule has 0 bridgehead atoms. The molecule has 1 aliphatic heterocycles. The van der Waals surface area contributed by atoms with Crippen LogP contribution < -0.4 is 0 Å². The van der Waals surface area contributed by atoms with E-state index in [-0.39, 0.29) is 29.3 Å². The van der Waals surface area contributed by atoms with Gasteiger partial charge in [0.05, 0.1) is 18.6 Å². The number of ether oxygens (including phenoxy) is 1. The summed E-state index contributed by atoms with van der Waals surface area (Å²) in [5.41, 5.74) is -0.0420. The first-order valence-electron chi connectivity index (χ1n) is 8.23. The van der Waals surface area contributed by atoms with E-state index >= 15 is 0 Å². The molecule has 2 aliphatic carbocycles. The summed E-state index contributed by atoms with van der Waals surface area (Å²) < 4.78 is 5.23. The summed E-state index contributed by atoms with van der Waals surface area (Å²) in [4.78, 5) is 11.4. The second kappa shape index (κ2) is 5.73. The lowest BCUT2D eigenvalue weighted by Gasteiger charge is -2.36. The van der Waals surface area contributed by atoms with Gasteiger partial charge < -0.3 is 14.9 Å². The van der Waals surface area contributed by atoms with Gasteiger partial charge in [-0.3, -0.25) is 4.79 Å². The van der Waals surface area contributed by atoms with Crippen LogP contribution in [0.5, 0.6) is 0 Å². The first-order valence-corrected chi connectivity index (χ1v) is 8.23. The van der Waals surface area contributed by atoms with Gasteiger partial charge >= 0.3 is 5.97 Å². The van der Waals surface area contributed by atoms with Crippen molar-refractivity contribution in [3.8, 4) is 0 Å². The molecule has 0 spiro atoms. The van der Waals surface area contributed by atoms with Crippen LogP contribution in [0.1, 0.15) is 51.9 Å². The summed E-state index contributed by atoms with van der Waals surface area (Å²) in [6.07, 6.45) is 9.37. The van der Waals surface area contributed by atoms with Crippen molar-refractivity contribution in [1.29, 1.82) is 0 Å². The number of carbonyl (C=O) groups is 1. The molecule has 0 aromatic heterocycles. The van der Waals surface area contributed by atoms with Crippen LogP contribution in [0.25, 0.3) is 0 Å². The highest BCUT2D eigenvalue weighted by atomic mass is 16.6. The highest BCUT2D eigenvalue weighted by Crippen LogP contribution is 2.43. The van der Waals surface area contributed by atoms with Crippen molar-refractivity contribution in [2.24, 2.45) is 17.3 Å². The second-order valence-electron chi connectivity index (χ2n) is 7.32. The number of hydrogen-bond acceptors (Lipinski definition) is 4. The van der Waals surface area contributed by atoms with E-state index in [4.69, 9.17) is 4.74 Å². The standard InChI is InChI=1S/C17H26O4/c1-17(7-3-2-4-8-17)15(19)6-5-11-12-9-16(20)21-14(12)10-13(11)18/h5-6,11-15,18-19H,2-4,7-10H2,1H3/t11-,12-,13-,14+,15+/m0/s1. The van der Waals surface area contributed by atoms with Crippen LogP contribution >= 0.6 is 0 Å². The zero-order valence-electron chi connectivity index (χ0n) is 12.7. The van der Waals surface area contributed by atoms with Crippen LogP contribution in [0.2, 0.25) is 0 Å². The lowest BCUT2D eigenvalue weighted by molar-refractivity contribution is -0.141. The minimum Gasteiger partial charge on any atom is -0.462 e. The Bertz CT molecular complexity index is 425. The zero-order valence-corrected chi connectivity index (χ0v) is 12.7. The molecule has 4 heteroatoms. The van der Waals surface area contributed by atoms with Crippen molar-refractivity contribution < 1.29 is 19.7 Å². The number of carbonyl (C=O) groups excluding carboxylic acids is 1. The van der Waals surface area contributed by atoms with Crippen molar-refractivity contribution in [2.75, 3.05) is 0 Å². The average Bonchev–Trinajstić information content (AvgIpc) is 2.92. The normalized spacial score (nSPS) is 40.2. The maximum Gasteiger partial charge on any atom is 0.306 e. The van der Waals surface area contributed by atoms with E-state index in [1.165, 1.54) is 19.3 Å². The molecule has 0 radical (unpaired) electrons.